The lowest BCUT2D eigenvalue weighted by molar-refractivity contribution is 0.407. The van der Waals surface area contributed by atoms with Gasteiger partial charge in [-0.1, -0.05) is 13.8 Å². The average Bonchev–Trinajstić information content (AvgIpc) is 2.58. The molecule has 0 fully saturated rings. The minimum atomic E-state index is 0.258. The van der Waals surface area contributed by atoms with E-state index in [0.717, 1.165) is 22.3 Å². The van der Waals surface area contributed by atoms with Crippen LogP contribution in [0.15, 0.2) is 24.3 Å². The molecule has 0 aliphatic heterocycles. The molecule has 2 aromatic rings. The van der Waals surface area contributed by atoms with Gasteiger partial charge >= 0.3 is 0 Å². The number of hydrogen-bond acceptors (Lipinski definition) is 4. The number of benzene rings is 2. The third-order valence-electron chi connectivity index (χ3n) is 4.10. The van der Waals surface area contributed by atoms with Gasteiger partial charge in [0.25, 0.3) is 0 Å². The summed E-state index contributed by atoms with van der Waals surface area (Å²) in [7, 11) is 3.21. The van der Waals surface area contributed by atoms with Gasteiger partial charge < -0.3 is 19.7 Å². The highest BCUT2D eigenvalue weighted by molar-refractivity contribution is 5.53. The van der Waals surface area contributed by atoms with Crippen LogP contribution in [0.25, 0.3) is 0 Å². The van der Waals surface area contributed by atoms with Gasteiger partial charge in [-0.2, -0.15) is 0 Å². The number of phenolic OH excluding ortho intramolecular Hbond substituents is 2. The van der Waals surface area contributed by atoms with E-state index in [1.807, 2.05) is 26.0 Å². The Hall–Kier alpha value is -2.36. The van der Waals surface area contributed by atoms with Crippen molar-refractivity contribution in [3.63, 3.8) is 0 Å². The van der Waals surface area contributed by atoms with Crippen LogP contribution in [0.2, 0.25) is 0 Å². The van der Waals surface area contributed by atoms with E-state index in [0.29, 0.717) is 30.8 Å². The van der Waals surface area contributed by atoms with E-state index in [1.54, 1.807) is 26.4 Å². The van der Waals surface area contributed by atoms with Gasteiger partial charge in [0.1, 0.15) is 23.0 Å². The van der Waals surface area contributed by atoms with E-state index in [9.17, 15) is 10.2 Å². The Morgan fingerprint density at radius 3 is 1.35 bits per heavy atom. The van der Waals surface area contributed by atoms with Gasteiger partial charge in [-0.25, -0.2) is 0 Å². The summed E-state index contributed by atoms with van der Waals surface area (Å²) in [5.41, 5.74) is 3.12. The molecule has 0 atom stereocenters. The smallest absolute Gasteiger partial charge is 0.122 e. The molecule has 23 heavy (non-hydrogen) atoms. The summed E-state index contributed by atoms with van der Waals surface area (Å²) in [4.78, 5) is 0. The normalized spacial score (nSPS) is 10.6. The van der Waals surface area contributed by atoms with E-state index >= 15 is 0 Å². The molecule has 0 bridgehead atoms. The Bertz CT molecular complexity index is 633. The first-order valence-corrected chi connectivity index (χ1v) is 7.81. The molecule has 0 radical (unpaired) electrons. The van der Waals surface area contributed by atoms with Crippen LogP contribution in [0.4, 0.5) is 0 Å². The van der Waals surface area contributed by atoms with Crippen LogP contribution in [-0.2, 0) is 19.3 Å². The summed E-state index contributed by atoms with van der Waals surface area (Å²) in [6, 6.07) is 7.28. The second-order valence-electron chi connectivity index (χ2n) is 5.47. The molecule has 0 unspecified atom stereocenters. The van der Waals surface area contributed by atoms with Crippen LogP contribution < -0.4 is 9.47 Å². The molecule has 4 heteroatoms. The minimum Gasteiger partial charge on any atom is -0.507 e. The second-order valence-corrected chi connectivity index (χ2v) is 5.47. The molecule has 4 nitrogen and oxygen atoms in total. The number of aryl methyl sites for hydroxylation is 2. The van der Waals surface area contributed by atoms with Crippen molar-refractivity contribution < 1.29 is 19.7 Å². The van der Waals surface area contributed by atoms with Crippen molar-refractivity contribution in [1.82, 2.24) is 0 Å². The Kier molecular flexibility index (Phi) is 5.37. The molecular weight excluding hydrogens is 292 g/mol. The van der Waals surface area contributed by atoms with Crippen LogP contribution in [0.1, 0.15) is 36.1 Å². The first-order valence-electron chi connectivity index (χ1n) is 7.81. The summed E-state index contributed by atoms with van der Waals surface area (Å²) >= 11 is 0. The number of aromatic hydroxyl groups is 2. The van der Waals surface area contributed by atoms with Crippen molar-refractivity contribution in [3.05, 3.63) is 46.5 Å². The maximum absolute atomic E-state index is 10.4. The molecule has 0 aliphatic carbocycles. The molecular formula is C19H24O4. The number of ether oxygens (including phenoxy) is 2. The quantitative estimate of drug-likeness (QED) is 0.850. The topological polar surface area (TPSA) is 58.9 Å². The molecule has 0 amide bonds. The number of phenols is 2. The van der Waals surface area contributed by atoms with E-state index in [-0.39, 0.29) is 11.5 Å². The molecule has 0 saturated heterocycles. The second kappa shape index (κ2) is 7.27. The summed E-state index contributed by atoms with van der Waals surface area (Å²) in [5.74, 6) is 1.92. The van der Waals surface area contributed by atoms with E-state index in [1.165, 1.54) is 0 Å². The van der Waals surface area contributed by atoms with E-state index < -0.39 is 0 Å². The maximum atomic E-state index is 10.4. The zero-order chi connectivity index (χ0) is 17.0. The average molecular weight is 316 g/mol. The van der Waals surface area contributed by atoms with Gasteiger partial charge in [-0.15, -0.1) is 0 Å². The molecule has 0 heterocycles. The number of rotatable bonds is 6. The van der Waals surface area contributed by atoms with Crippen LogP contribution in [0.5, 0.6) is 23.0 Å². The zero-order valence-electron chi connectivity index (χ0n) is 14.1. The summed E-state index contributed by atoms with van der Waals surface area (Å²) in [6.45, 7) is 3.97. The lowest BCUT2D eigenvalue weighted by atomic mass is 9.96. The van der Waals surface area contributed by atoms with Crippen molar-refractivity contribution in [1.29, 1.82) is 0 Å². The molecule has 0 spiro atoms. The van der Waals surface area contributed by atoms with Crippen molar-refractivity contribution in [3.8, 4) is 23.0 Å². The van der Waals surface area contributed by atoms with Crippen LogP contribution >= 0.6 is 0 Å². The Labute approximate surface area is 137 Å². The fourth-order valence-corrected chi connectivity index (χ4v) is 2.71. The monoisotopic (exact) mass is 316 g/mol. The van der Waals surface area contributed by atoms with Crippen molar-refractivity contribution >= 4 is 0 Å². The highest BCUT2D eigenvalue weighted by Crippen LogP contribution is 2.35. The first-order chi connectivity index (χ1) is 11.0. The standard InChI is InChI=1S/C19H24O4/c1-5-12-8-16(22-3)10-14(18(12)20)7-15-11-17(23-4)9-13(6-2)19(15)21/h8-11,20-21H,5-7H2,1-4H3. The van der Waals surface area contributed by atoms with Gasteiger partial charge in [-0.05, 0) is 48.2 Å². The van der Waals surface area contributed by atoms with Gasteiger partial charge in [-0.3, -0.25) is 0 Å². The van der Waals surface area contributed by atoms with Crippen molar-refractivity contribution in [2.24, 2.45) is 0 Å². The minimum absolute atomic E-state index is 0.258. The lowest BCUT2D eigenvalue weighted by Crippen LogP contribution is -1.98. The third-order valence-corrected chi connectivity index (χ3v) is 4.10. The predicted molar refractivity (Wildman–Crippen MR) is 90.9 cm³/mol. The van der Waals surface area contributed by atoms with E-state index in [4.69, 9.17) is 9.47 Å². The summed E-state index contributed by atoms with van der Waals surface area (Å²) in [6.07, 6.45) is 1.83. The van der Waals surface area contributed by atoms with Crippen molar-refractivity contribution in [2.45, 2.75) is 33.1 Å². The SMILES string of the molecule is CCc1cc(OC)cc(Cc2cc(OC)cc(CC)c2O)c1O. The molecule has 2 N–H and O–H groups in total. The molecule has 0 aliphatic rings. The Morgan fingerprint density at radius 2 is 1.04 bits per heavy atom. The Balaban J connectivity index is 2.50. The summed E-state index contributed by atoms with van der Waals surface area (Å²) < 4.78 is 10.6. The molecule has 0 saturated carbocycles. The lowest BCUT2D eigenvalue weighted by Gasteiger charge is -2.15. The highest BCUT2D eigenvalue weighted by Gasteiger charge is 2.15. The number of methoxy groups -OCH3 is 2. The van der Waals surface area contributed by atoms with Gasteiger partial charge in [0, 0.05) is 17.5 Å². The van der Waals surface area contributed by atoms with Gasteiger partial charge in [0.15, 0.2) is 0 Å². The first kappa shape index (κ1) is 17.0. The fraction of sp³-hybridized carbons (Fsp3) is 0.368. The maximum Gasteiger partial charge on any atom is 0.122 e. The van der Waals surface area contributed by atoms with Gasteiger partial charge in [0.05, 0.1) is 14.2 Å². The Morgan fingerprint density at radius 1 is 0.696 bits per heavy atom. The predicted octanol–water partition coefficient (Wildman–Crippen LogP) is 3.83. The largest absolute Gasteiger partial charge is 0.507 e. The summed E-state index contributed by atoms with van der Waals surface area (Å²) in [5, 5.41) is 20.9. The highest BCUT2D eigenvalue weighted by atomic mass is 16.5. The fourth-order valence-electron chi connectivity index (χ4n) is 2.71. The van der Waals surface area contributed by atoms with Gasteiger partial charge in [0.2, 0.25) is 0 Å². The van der Waals surface area contributed by atoms with Crippen LogP contribution in [-0.4, -0.2) is 24.4 Å². The number of hydrogen-bond donors (Lipinski definition) is 2. The molecule has 124 valence electrons. The molecule has 2 rings (SSSR count). The zero-order valence-corrected chi connectivity index (χ0v) is 14.1. The van der Waals surface area contributed by atoms with Crippen molar-refractivity contribution in [2.75, 3.05) is 14.2 Å². The van der Waals surface area contributed by atoms with Crippen LogP contribution in [0.3, 0.4) is 0 Å². The molecule has 0 aromatic heterocycles. The van der Waals surface area contributed by atoms with Crippen LogP contribution in [0, 0.1) is 0 Å². The third kappa shape index (κ3) is 3.52. The van der Waals surface area contributed by atoms with E-state index in [2.05, 4.69) is 0 Å². The molecule has 2 aromatic carbocycles.